The molecule has 6 nitrogen and oxygen atoms in total. The molecule has 2 heterocycles. The number of rotatable bonds is 2. The van der Waals surface area contributed by atoms with Crippen molar-refractivity contribution in [1.82, 2.24) is 9.80 Å². The summed E-state index contributed by atoms with van der Waals surface area (Å²) in [6.45, 7) is 7.41. The van der Waals surface area contributed by atoms with Crippen molar-refractivity contribution in [2.24, 2.45) is 5.73 Å². The highest BCUT2D eigenvalue weighted by Crippen LogP contribution is 2.17. The van der Waals surface area contributed by atoms with Gasteiger partial charge in [-0.25, -0.2) is 0 Å². The molecule has 2 N–H and O–H groups in total. The number of hydrogen-bond acceptors (Lipinski definition) is 4. The van der Waals surface area contributed by atoms with Gasteiger partial charge >= 0.3 is 0 Å². The molecule has 1 atom stereocenters. The summed E-state index contributed by atoms with van der Waals surface area (Å²) in [5.41, 5.74) is 6.20. The van der Waals surface area contributed by atoms with Crippen LogP contribution < -0.4 is 5.73 Å². The van der Waals surface area contributed by atoms with Crippen LogP contribution in [0.2, 0.25) is 0 Å². The molecular formula is C14H22ClN3O3. The van der Waals surface area contributed by atoms with E-state index in [0.717, 1.165) is 5.76 Å². The second-order valence-corrected chi connectivity index (χ2v) is 5.23. The van der Waals surface area contributed by atoms with Crippen LogP contribution in [-0.4, -0.2) is 53.8 Å². The molecule has 1 aromatic heterocycles. The maximum absolute atomic E-state index is 12.4. The fourth-order valence-corrected chi connectivity index (χ4v) is 2.43. The SMILES string of the molecule is Cc1cc(C(=O)N2CCN(C(=O)[C@H](C)N)CC2)c(C)o1.Cl. The zero-order chi connectivity index (χ0) is 14.9. The molecule has 0 radical (unpaired) electrons. The summed E-state index contributed by atoms with van der Waals surface area (Å²) >= 11 is 0. The minimum atomic E-state index is -0.490. The molecule has 1 aliphatic heterocycles. The van der Waals surface area contributed by atoms with Gasteiger partial charge in [0.2, 0.25) is 5.91 Å². The lowest BCUT2D eigenvalue weighted by Gasteiger charge is -2.35. The van der Waals surface area contributed by atoms with E-state index in [1.165, 1.54) is 0 Å². The van der Waals surface area contributed by atoms with Crippen LogP contribution in [0.25, 0.3) is 0 Å². The van der Waals surface area contributed by atoms with Gasteiger partial charge in [0.25, 0.3) is 5.91 Å². The highest BCUT2D eigenvalue weighted by atomic mass is 35.5. The van der Waals surface area contributed by atoms with Gasteiger partial charge in [-0.15, -0.1) is 12.4 Å². The number of amides is 2. The van der Waals surface area contributed by atoms with E-state index in [9.17, 15) is 9.59 Å². The number of carbonyl (C=O) groups excluding carboxylic acids is 2. The van der Waals surface area contributed by atoms with Crippen LogP contribution in [0.15, 0.2) is 10.5 Å². The number of hydrogen-bond donors (Lipinski definition) is 1. The van der Waals surface area contributed by atoms with Crippen LogP contribution >= 0.6 is 12.4 Å². The molecular weight excluding hydrogens is 294 g/mol. The van der Waals surface area contributed by atoms with E-state index in [-0.39, 0.29) is 24.2 Å². The lowest BCUT2D eigenvalue weighted by molar-refractivity contribution is -0.133. The normalized spacial score (nSPS) is 16.4. The minimum absolute atomic E-state index is 0. The van der Waals surface area contributed by atoms with Crippen molar-refractivity contribution in [2.75, 3.05) is 26.2 Å². The number of furan rings is 1. The van der Waals surface area contributed by atoms with E-state index in [1.807, 2.05) is 6.92 Å². The van der Waals surface area contributed by atoms with Crippen molar-refractivity contribution < 1.29 is 14.0 Å². The standard InChI is InChI=1S/C14H21N3O3.ClH/c1-9-8-12(11(3)20-9)14(19)17-6-4-16(5-7-17)13(18)10(2)15;/h8,10H,4-7,15H2,1-3H3;1H/t10-;/m0./s1. The summed E-state index contributed by atoms with van der Waals surface area (Å²) in [5.74, 6) is 1.28. The van der Waals surface area contributed by atoms with E-state index in [0.29, 0.717) is 37.5 Å². The molecule has 0 bridgehead atoms. The molecule has 0 unspecified atom stereocenters. The number of carbonyl (C=O) groups is 2. The Kier molecular flexibility index (Phi) is 5.80. The zero-order valence-electron chi connectivity index (χ0n) is 12.6. The van der Waals surface area contributed by atoms with Gasteiger partial charge in [0.15, 0.2) is 0 Å². The van der Waals surface area contributed by atoms with E-state index in [2.05, 4.69) is 0 Å². The van der Waals surface area contributed by atoms with Crippen LogP contribution in [-0.2, 0) is 4.79 Å². The summed E-state index contributed by atoms with van der Waals surface area (Å²) in [6.07, 6.45) is 0. The second-order valence-electron chi connectivity index (χ2n) is 5.23. The van der Waals surface area contributed by atoms with Crippen LogP contribution in [0.3, 0.4) is 0 Å². The van der Waals surface area contributed by atoms with Crippen molar-refractivity contribution in [3.63, 3.8) is 0 Å². The first kappa shape index (κ1) is 17.5. The zero-order valence-corrected chi connectivity index (χ0v) is 13.4. The lowest BCUT2D eigenvalue weighted by Crippen LogP contribution is -2.53. The smallest absolute Gasteiger partial charge is 0.257 e. The molecule has 0 saturated carbocycles. The Hall–Kier alpha value is -1.53. The summed E-state index contributed by atoms with van der Waals surface area (Å²) < 4.78 is 5.39. The summed E-state index contributed by atoms with van der Waals surface area (Å²) in [4.78, 5) is 27.6. The Bertz CT molecular complexity index is 520. The highest BCUT2D eigenvalue weighted by Gasteiger charge is 2.27. The third-order valence-electron chi connectivity index (χ3n) is 3.54. The molecule has 0 aliphatic carbocycles. The summed E-state index contributed by atoms with van der Waals surface area (Å²) in [5, 5.41) is 0. The maximum Gasteiger partial charge on any atom is 0.257 e. The topological polar surface area (TPSA) is 79.8 Å². The molecule has 2 rings (SSSR count). The summed E-state index contributed by atoms with van der Waals surface area (Å²) in [6, 6.07) is 1.27. The molecule has 1 aliphatic rings. The predicted octanol–water partition coefficient (Wildman–Crippen LogP) is 0.950. The van der Waals surface area contributed by atoms with Crippen molar-refractivity contribution in [1.29, 1.82) is 0 Å². The first-order chi connectivity index (χ1) is 9.40. The third kappa shape index (κ3) is 3.77. The number of nitrogens with zero attached hydrogens (tertiary/aromatic N) is 2. The molecule has 1 aromatic rings. The van der Waals surface area contributed by atoms with E-state index < -0.39 is 6.04 Å². The Labute approximate surface area is 130 Å². The molecule has 1 fully saturated rings. The third-order valence-corrected chi connectivity index (χ3v) is 3.54. The van der Waals surface area contributed by atoms with Crippen LogP contribution in [0.4, 0.5) is 0 Å². The van der Waals surface area contributed by atoms with Crippen molar-refractivity contribution in [3.8, 4) is 0 Å². The van der Waals surface area contributed by atoms with E-state index >= 15 is 0 Å². The summed E-state index contributed by atoms with van der Waals surface area (Å²) in [7, 11) is 0. The largest absolute Gasteiger partial charge is 0.466 e. The molecule has 21 heavy (non-hydrogen) atoms. The molecule has 7 heteroatoms. The van der Waals surface area contributed by atoms with Gasteiger partial charge in [-0.05, 0) is 26.8 Å². The van der Waals surface area contributed by atoms with Crippen molar-refractivity contribution in [3.05, 3.63) is 23.2 Å². The fourth-order valence-electron chi connectivity index (χ4n) is 2.43. The number of halogens is 1. The van der Waals surface area contributed by atoms with E-state index in [4.69, 9.17) is 10.2 Å². The van der Waals surface area contributed by atoms with Crippen molar-refractivity contribution in [2.45, 2.75) is 26.8 Å². The fraction of sp³-hybridized carbons (Fsp3) is 0.571. The van der Waals surface area contributed by atoms with Crippen LogP contribution in [0.1, 0.15) is 28.8 Å². The molecule has 2 amide bonds. The number of nitrogens with two attached hydrogens (primary N) is 1. The minimum Gasteiger partial charge on any atom is -0.466 e. The molecule has 0 aromatic carbocycles. The maximum atomic E-state index is 12.4. The van der Waals surface area contributed by atoms with Crippen molar-refractivity contribution >= 4 is 24.2 Å². The number of piperazine rings is 1. The molecule has 118 valence electrons. The Balaban J connectivity index is 0.00000220. The average Bonchev–Trinajstić information content (AvgIpc) is 2.76. The quantitative estimate of drug-likeness (QED) is 0.881. The number of aryl methyl sites for hydroxylation is 2. The van der Waals surface area contributed by atoms with Gasteiger partial charge in [0.05, 0.1) is 11.6 Å². The Morgan fingerprint density at radius 2 is 1.71 bits per heavy atom. The van der Waals surface area contributed by atoms with Gasteiger partial charge < -0.3 is 20.0 Å². The lowest BCUT2D eigenvalue weighted by atomic mass is 10.2. The molecule has 1 saturated heterocycles. The Morgan fingerprint density at radius 1 is 1.19 bits per heavy atom. The Morgan fingerprint density at radius 3 is 2.14 bits per heavy atom. The average molecular weight is 316 g/mol. The van der Waals surface area contributed by atoms with Gasteiger partial charge in [-0.3, -0.25) is 9.59 Å². The first-order valence-corrected chi connectivity index (χ1v) is 6.81. The van der Waals surface area contributed by atoms with Gasteiger partial charge in [0, 0.05) is 26.2 Å². The second kappa shape index (κ2) is 6.95. The van der Waals surface area contributed by atoms with Gasteiger partial charge in [-0.2, -0.15) is 0 Å². The molecule has 0 spiro atoms. The predicted molar refractivity (Wildman–Crippen MR) is 81.6 cm³/mol. The van der Waals surface area contributed by atoms with Crippen LogP contribution in [0.5, 0.6) is 0 Å². The van der Waals surface area contributed by atoms with E-state index in [1.54, 1.807) is 29.7 Å². The monoisotopic (exact) mass is 315 g/mol. The first-order valence-electron chi connectivity index (χ1n) is 6.81. The van der Waals surface area contributed by atoms with Gasteiger partial charge in [0.1, 0.15) is 11.5 Å². The van der Waals surface area contributed by atoms with Crippen LogP contribution in [0, 0.1) is 13.8 Å². The van der Waals surface area contributed by atoms with Gasteiger partial charge in [-0.1, -0.05) is 0 Å². The highest BCUT2D eigenvalue weighted by molar-refractivity contribution is 5.95.